The lowest BCUT2D eigenvalue weighted by Gasteiger charge is -2.23. The van der Waals surface area contributed by atoms with Crippen LogP contribution in [0.25, 0.3) is 10.9 Å². The maximum absolute atomic E-state index is 13.7. The van der Waals surface area contributed by atoms with Crippen LogP contribution in [0.5, 0.6) is 11.5 Å². The summed E-state index contributed by atoms with van der Waals surface area (Å²) in [7, 11) is -3.94. The molecular weight excluding hydrogens is 472 g/mol. The molecule has 0 atom stereocenters. The Labute approximate surface area is 201 Å². The van der Waals surface area contributed by atoms with E-state index in [-0.39, 0.29) is 23.5 Å². The largest absolute Gasteiger partial charge is 0.486 e. The summed E-state index contributed by atoms with van der Waals surface area (Å²) in [6.45, 7) is 4.83. The molecule has 0 spiro atoms. The van der Waals surface area contributed by atoms with Crippen molar-refractivity contribution in [3.05, 3.63) is 85.8 Å². The van der Waals surface area contributed by atoms with Gasteiger partial charge in [0, 0.05) is 29.6 Å². The quantitative estimate of drug-likeness (QED) is 0.428. The lowest BCUT2D eigenvalue weighted by atomic mass is 10.0. The van der Waals surface area contributed by atoms with Crippen molar-refractivity contribution < 1.29 is 17.9 Å². The second-order valence-electron chi connectivity index (χ2n) is 8.25. The molecule has 0 amide bonds. The van der Waals surface area contributed by atoms with Crippen LogP contribution in [-0.2, 0) is 23.1 Å². The highest BCUT2D eigenvalue weighted by atomic mass is 32.2. The maximum Gasteiger partial charge on any atom is 0.252 e. The van der Waals surface area contributed by atoms with Gasteiger partial charge in [-0.2, -0.15) is 4.31 Å². The van der Waals surface area contributed by atoms with Gasteiger partial charge in [0.25, 0.3) is 5.56 Å². The van der Waals surface area contributed by atoms with Crippen LogP contribution in [0.3, 0.4) is 0 Å². The predicted octanol–water partition coefficient (Wildman–Crippen LogP) is 4.37. The summed E-state index contributed by atoms with van der Waals surface area (Å²) >= 11 is 1.47. The van der Waals surface area contributed by atoms with Gasteiger partial charge in [-0.3, -0.25) is 4.79 Å². The van der Waals surface area contributed by atoms with Crippen LogP contribution in [-0.4, -0.2) is 30.9 Å². The van der Waals surface area contributed by atoms with Gasteiger partial charge in [0.15, 0.2) is 11.5 Å². The second-order valence-corrected chi connectivity index (χ2v) is 11.2. The van der Waals surface area contributed by atoms with Crippen molar-refractivity contribution in [2.75, 3.05) is 13.2 Å². The number of rotatable bonds is 6. The zero-order valence-electron chi connectivity index (χ0n) is 18.8. The number of aromatic amines is 1. The van der Waals surface area contributed by atoms with E-state index < -0.39 is 10.0 Å². The number of ether oxygens (including phenoxy) is 2. The zero-order valence-corrected chi connectivity index (χ0v) is 20.5. The number of thiophene rings is 1. The lowest BCUT2D eigenvalue weighted by molar-refractivity contribution is 0.171. The van der Waals surface area contributed by atoms with Crippen molar-refractivity contribution in [3.63, 3.8) is 0 Å². The number of pyridine rings is 1. The Kier molecular flexibility index (Phi) is 5.93. The Morgan fingerprint density at radius 1 is 1.00 bits per heavy atom. The summed E-state index contributed by atoms with van der Waals surface area (Å²) in [6.07, 6.45) is 0. The fourth-order valence-corrected chi connectivity index (χ4v) is 6.23. The molecule has 1 N–H and O–H groups in total. The molecule has 0 aliphatic carbocycles. The van der Waals surface area contributed by atoms with Crippen LogP contribution < -0.4 is 15.0 Å². The Hall–Kier alpha value is -3.14. The molecule has 0 fully saturated rings. The molecule has 3 heterocycles. The molecule has 0 saturated carbocycles. The molecule has 5 rings (SSSR count). The van der Waals surface area contributed by atoms with E-state index in [0.29, 0.717) is 30.3 Å². The van der Waals surface area contributed by atoms with Gasteiger partial charge in [0.2, 0.25) is 10.0 Å². The molecule has 0 saturated heterocycles. The standard InChI is InChI=1S/C25H24N2O5S2/c1-16-5-6-18-12-19(25(28)26-24(18)17(16)2)14-27(15-20-4-3-11-33-20)34(29,30)21-7-8-22-23(13-21)32-10-9-31-22/h3-8,11-13H,9-10,14-15H2,1-2H3,(H,26,28). The highest BCUT2D eigenvalue weighted by Gasteiger charge is 2.28. The van der Waals surface area contributed by atoms with Crippen molar-refractivity contribution in [1.29, 1.82) is 0 Å². The van der Waals surface area contributed by atoms with E-state index in [0.717, 1.165) is 26.9 Å². The Morgan fingerprint density at radius 2 is 1.79 bits per heavy atom. The molecule has 1 aliphatic heterocycles. The number of hydrogen-bond donors (Lipinski definition) is 1. The van der Waals surface area contributed by atoms with Gasteiger partial charge in [0.05, 0.1) is 10.4 Å². The average molecular weight is 497 g/mol. The third kappa shape index (κ3) is 4.22. The van der Waals surface area contributed by atoms with E-state index in [1.165, 1.54) is 27.8 Å². The van der Waals surface area contributed by atoms with Crippen LogP contribution in [0, 0.1) is 13.8 Å². The first-order chi connectivity index (χ1) is 16.3. The first-order valence-corrected chi connectivity index (χ1v) is 13.2. The molecule has 176 valence electrons. The van der Waals surface area contributed by atoms with Crippen molar-refractivity contribution in [3.8, 4) is 11.5 Å². The van der Waals surface area contributed by atoms with Crippen LogP contribution in [0.1, 0.15) is 21.6 Å². The number of aryl methyl sites for hydroxylation is 2. The summed E-state index contributed by atoms with van der Waals surface area (Å²) in [4.78, 5) is 16.9. The Balaban J connectivity index is 1.56. The number of aromatic nitrogens is 1. The minimum Gasteiger partial charge on any atom is -0.486 e. The normalized spacial score (nSPS) is 13.5. The predicted molar refractivity (Wildman–Crippen MR) is 132 cm³/mol. The number of fused-ring (bicyclic) bond motifs is 2. The molecule has 0 unspecified atom stereocenters. The van der Waals surface area contributed by atoms with Gasteiger partial charge in [-0.15, -0.1) is 11.3 Å². The first kappa shape index (κ1) is 22.6. The highest BCUT2D eigenvalue weighted by molar-refractivity contribution is 7.89. The first-order valence-electron chi connectivity index (χ1n) is 10.9. The number of nitrogens with zero attached hydrogens (tertiary/aromatic N) is 1. The van der Waals surface area contributed by atoms with E-state index in [1.54, 1.807) is 12.1 Å². The zero-order chi connectivity index (χ0) is 23.9. The number of benzene rings is 2. The number of nitrogens with one attached hydrogen (secondary N) is 1. The monoisotopic (exact) mass is 496 g/mol. The summed E-state index contributed by atoms with van der Waals surface area (Å²) < 4.78 is 39.9. The average Bonchev–Trinajstić information content (AvgIpc) is 3.35. The minimum atomic E-state index is -3.94. The highest BCUT2D eigenvalue weighted by Crippen LogP contribution is 2.34. The van der Waals surface area contributed by atoms with Crippen molar-refractivity contribution >= 4 is 32.3 Å². The summed E-state index contributed by atoms with van der Waals surface area (Å²) in [6, 6.07) is 14.1. The van der Waals surface area contributed by atoms with E-state index in [9.17, 15) is 13.2 Å². The minimum absolute atomic E-state index is 0.0626. The van der Waals surface area contributed by atoms with Crippen molar-refractivity contribution in [1.82, 2.24) is 9.29 Å². The topological polar surface area (TPSA) is 88.7 Å². The number of hydrogen-bond acceptors (Lipinski definition) is 6. The maximum atomic E-state index is 13.7. The molecule has 9 heteroatoms. The third-order valence-corrected chi connectivity index (χ3v) is 8.69. The number of H-pyrrole nitrogens is 1. The SMILES string of the molecule is Cc1ccc2cc(CN(Cc3cccs3)S(=O)(=O)c3ccc4c(c3)OCCO4)c(=O)[nH]c2c1C. The van der Waals surface area contributed by atoms with Gasteiger partial charge in [-0.1, -0.05) is 18.2 Å². The van der Waals surface area contributed by atoms with E-state index in [1.807, 2.05) is 43.5 Å². The van der Waals surface area contributed by atoms with Crippen LogP contribution in [0.2, 0.25) is 0 Å². The molecule has 1 aliphatic rings. The van der Waals surface area contributed by atoms with Crippen LogP contribution in [0.15, 0.2) is 63.6 Å². The molecule has 2 aromatic carbocycles. The fourth-order valence-electron chi connectivity index (χ4n) is 4.01. The molecule has 4 aromatic rings. The van der Waals surface area contributed by atoms with E-state index in [4.69, 9.17) is 9.47 Å². The molecule has 2 aromatic heterocycles. The molecule has 0 radical (unpaired) electrons. The second kappa shape index (κ2) is 8.90. The molecular formula is C25H24N2O5S2. The van der Waals surface area contributed by atoms with Gasteiger partial charge in [-0.25, -0.2) is 8.42 Å². The van der Waals surface area contributed by atoms with E-state index >= 15 is 0 Å². The molecule has 34 heavy (non-hydrogen) atoms. The Morgan fingerprint density at radius 3 is 2.56 bits per heavy atom. The lowest BCUT2D eigenvalue weighted by Crippen LogP contribution is -2.32. The summed E-state index contributed by atoms with van der Waals surface area (Å²) in [5.74, 6) is 0.921. The summed E-state index contributed by atoms with van der Waals surface area (Å²) in [5, 5.41) is 2.77. The van der Waals surface area contributed by atoms with Gasteiger partial charge in [0.1, 0.15) is 13.2 Å². The summed E-state index contributed by atoms with van der Waals surface area (Å²) in [5.41, 5.74) is 2.94. The Bertz CT molecular complexity index is 1530. The van der Waals surface area contributed by atoms with Gasteiger partial charge in [-0.05, 0) is 60.0 Å². The number of sulfonamides is 1. The smallest absolute Gasteiger partial charge is 0.252 e. The molecule has 7 nitrogen and oxygen atoms in total. The van der Waals surface area contributed by atoms with Crippen LogP contribution in [0.4, 0.5) is 0 Å². The van der Waals surface area contributed by atoms with Gasteiger partial charge < -0.3 is 14.5 Å². The van der Waals surface area contributed by atoms with Gasteiger partial charge >= 0.3 is 0 Å². The fraction of sp³-hybridized carbons (Fsp3) is 0.240. The van der Waals surface area contributed by atoms with Crippen molar-refractivity contribution in [2.45, 2.75) is 31.8 Å². The van der Waals surface area contributed by atoms with E-state index in [2.05, 4.69) is 4.98 Å². The van der Waals surface area contributed by atoms with Crippen molar-refractivity contribution in [2.24, 2.45) is 0 Å². The molecule has 0 bridgehead atoms. The third-order valence-electron chi connectivity index (χ3n) is 6.04. The van der Waals surface area contributed by atoms with Crippen LogP contribution >= 0.6 is 11.3 Å².